The molecule has 116 valence electrons. The normalized spacial score (nSPS) is 31.5. The number of fused-ring (bicyclic) bond motifs is 1. The van der Waals surface area contributed by atoms with Gasteiger partial charge in [-0.1, -0.05) is 0 Å². The number of imidazole rings is 1. The summed E-state index contributed by atoms with van der Waals surface area (Å²) in [5.74, 6) is -0.0589. The van der Waals surface area contributed by atoms with Crippen LogP contribution in [0.3, 0.4) is 0 Å². The third-order valence-electron chi connectivity index (χ3n) is 3.55. The molecule has 0 aromatic carbocycles. The molecule has 0 spiro atoms. The number of nitriles is 1. The minimum Gasteiger partial charge on any atom is -0.392 e. The van der Waals surface area contributed by atoms with Gasteiger partial charge in [0, 0.05) is 0 Å². The molecule has 3 heterocycles. The van der Waals surface area contributed by atoms with Gasteiger partial charge in [0.15, 0.2) is 18.0 Å². The van der Waals surface area contributed by atoms with Crippen LogP contribution in [0.2, 0.25) is 0 Å². The summed E-state index contributed by atoms with van der Waals surface area (Å²) in [5.41, 5.74) is 2.77. The minimum atomic E-state index is -2.10. The van der Waals surface area contributed by atoms with Crippen molar-refractivity contribution in [3.05, 3.63) is 16.8 Å². The molecular weight excluding hydrogens is 299 g/mol. The number of nitrogen functional groups attached to an aromatic ring is 1. The molecule has 2 aromatic heterocycles. The molecule has 3 rings (SSSR count). The van der Waals surface area contributed by atoms with Crippen molar-refractivity contribution in [2.75, 3.05) is 12.3 Å². The summed E-state index contributed by atoms with van der Waals surface area (Å²) in [6, 6.07) is 1.56. The summed E-state index contributed by atoms with van der Waals surface area (Å²) in [6.07, 6.45) is -4.27. The highest BCUT2D eigenvalue weighted by Crippen LogP contribution is 2.39. The first-order chi connectivity index (χ1) is 10.4. The number of anilines is 1. The number of halogens is 1. The highest BCUT2D eigenvalue weighted by atomic mass is 19.1. The Balaban J connectivity index is 2.13. The summed E-state index contributed by atoms with van der Waals surface area (Å²) in [4.78, 5) is 21.2. The van der Waals surface area contributed by atoms with Gasteiger partial charge in [0.05, 0.1) is 12.9 Å². The Kier molecular flexibility index (Phi) is 3.10. The highest BCUT2D eigenvalue weighted by molar-refractivity contribution is 5.81. The molecule has 0 saturated carbocycles. The third-order valence-corrected chi connectivity index (χ3v) is 3.55. The zero-order valence-electron chi connectivity index (χ0n) is 11.0. The second-order valence-corrected chi connectivity index (χ2v) is 4.84. The summed E-state index contributed by atoms with van der Waals surface area (Å²) >= 11 is 0. The maximum absolute atomic E-state index is 14.3. The van der Waals surface area contributed by atoms with E-state index in [2.05, 4.69) is 15.0 Å². The molecule has 22 heavy (non-hydrogen) atoms. The molecule has 10 nitrogen and oxygen atoms in total. The number of rotatable bonds is 2. The van der Waals surface area contributed by atoms with Crippen LogP contribution in [0, 0.1) is 11.3 Å². The predicted octanol–water partition coefficient (Wildman–Crippen LogP) is -1.82. The van der Waals surface area contributed by atoms with E-state index < -0.39 is 36.4 Å². The number of nitrogens with zero attached hydrogens (tertiary/aromatic N) is 4. The second-order valence-electron chi connectivity index (χ2n) is 4.84. The molecule has 4 atom stereocenters. The first-order valence-electron chi connectivity index (χ1n) is 6.18. The lowest BCUT2D eigenvalue weighted by Crippen LogP contribution is -2.44. The van der Waals surface area contributed by atoms with Crippen LogP contribution >= 0.6 is 0 Å². The average Bonchev–Trinajstić information content (AvgIpc) is 3.01. The Labute approximate surface area is 121 Å². The Morgan fingerprint density at radius 1 is 1.68 bits per heavy atom. The lowest BCUT2D eigenvalue weighted by molar-refractivity contribution is -0.0912. The van der Waals surface area contributed by atoms with E-state index in [9.17, 15) is 19.4 Å². The van der Waals surface area contributed by atoms with E-state index in [1.165, 1.54) is 0 Å². The number of aromatic amines is 1. The smallest absolute Gasteiger partial charge is 0.348 e. The zero-order chi connectivity index (χ0) is 16.1. The van der Waals surface area contributed by atoms with Crippen LogP contribution in [0.25, 0.3) is 11.2 Å². The van der Waals surface area contributed by atoms with Crippen LogP contribution in [0.1, 0.15) is 6.23 Å². The molecule has 1 fully saturated rings. The van der Waals surface area contributed by atoms with E-state index in [-0.39, 0.29) is 17.0 Å². The summed E-state index contributed by atoms with van der Waals surface area (Å²) in [7, 11) is 0. The molecule has 1 aliphatic heterocycles. The molecular formula is C11H11FN6O4. The van der Waals surface area contributed by atoms with Crippen molar-refractivity contribution in [1.82, 2.24) is 19.5 Å². The molecule has 0 bridgehead atoms. The predicted molar refractivity (Wildman–Crippen MR) is 69.0 cm³/mol. The topological polar surface area (TPSA) is 163 Å². The summed E-state index contributed by atoms with van der Waals surface area (Å²) in [6.45, 7) is -0.898. The second kappa shape index (κ2) is 4.73. The minimum absolute atomic E-state index is 0.0589. The number of alkyl halides is 1. The third kappa shape index (κ3) is 1.78. The van der Waals surface area contributed by atoms with Gasteiger partial charge in [-0.25, -0.2) is 14.2 Å². The first kappa shape index (κ1) is 14.4. The molecule has 0 amide bonds. The van der Waals surface area contributed by atoms with Crippen LogP contribution in [-0.4, -0.2) is 54.2 Å². The first-order valence-corrected chi connectivity index (χ1v) is 6.18. The van der Waals surface area contributed by atoms with Gasteiger partial charge in [0.1, 0.15) is 23.5 Å². The standard InChI is InChI=1S/C11H11FN6O4/c12-4-6(20)11(1-13,2-19)22-9(4)18-3-15-5-7(14)16-10(21)17-8(5)18/h3-4,6,9,19-20H,2H2,(H3,14,16,17,21)/t4-,6-,9+,11+/m0/s1. The molecule has 0 radical (unpaired) electrons. The fraction of sp³-hybridized carbons (Fsp3) is 0.455. The quantitative estimate of drug-likeness (QED) is 0.504. The number of aromatic nitrogens is 4. The molecule has 0 aliphatic carbocycles. The molecule has 2 aromatic rings. The van der Waals surface area contributed by atoms with Crippen molar-refractivity contribution in [3.63, 3.8) is 0 Å². The number of hydrogen-bond donors (Lipinski definition) is 4. The number of aliphatic hydroxyl groups excluding tert-OH is 2. The Morgan fingerprint density at radius 3 is 3.00 bits per heavy atom. The van der Waals surface area contributed by atoms with Crippen LogP contribution in [-0.2, 0) is 4.74 Å². The number of hydrogen-bond acceptors (Lipinski definition) is 8. The van der Waals surface area contributed by atoms with Crippen LogP contribution in [0.4, 0.5) is 10.2 Å². The molecule has 5 N–H and O–H groups in total. The van der Waals surface area contributed by atoms with Crippen LogP contribution < -0.4 is 11.4 Å². The largest absolute Gasteiger partial charge is 0.392 e. The number of aliphatic hydroxyl groups is 2. The summed E-state index contributed by atoms with van der Waals surface area (Å²) in [5, 5.41) is 28.1. The van der Waals surface area contributed by atoms with E-state index >= 15 is 0 Å². The maximum Gasteiger partial charge on any atom is 0.348 e. The van der Waals surface area contributed by atoms with E-state index in [1.54, 1.807) is 6.07 Å². The molecule has 0 unspecified atom stereocenters. The summed E-state index contributed by atoms with van der Waals surface area (Å²) < 4.78 is 20.6. The Hall–Kier alpha value is -2.55. The zero-order valence-corrected chi connectivity index (χ0v) is 11.0. The molecule has 11 heteroatoms. The van der Waals surface area contributed by atoms with Gasteiger partial charge in [-0.05, 0) is 0 Å². The van der Waals surface area contributed by atoms with E-state index in [0.717, 1.165) is 10.9 Å². The van der Waals surface area contributed by atoms with Crippen molar-refractivity contribution in [2.24, 2.45) is 0 Å². The van der Waals surface area contributed by atoms with Crippen molar-refractivity contribution < 1.29 is 19.3 Å². The van der Waals surface area contributed by atoms with E-state index in [1.807, 2.05) is 0 Å². The lowest BCUT2D eigenvalue weighted by atomic mass is 9.99. The number of nitrogens with one attached hydrogen (secondary N) is 1. The van der Waals surface area contributed by atoms with Gasteiger partial charge < -0.3 is 20.7 Å². The van der Waals surface area contributed by atoms with Gasteiger partial charge in [0.2, 0.25) is 5.60 Å². The van der Waals surface area contributed by atoms with Gasteiger partial charge in [-0.3, -0.25) is 9.55 Å². The number of ether oxygens (including phenoxy) is 1. The fourth-order valence-corrected chi connectivity index (χ4v) is 2.37. The van der Waals surface area contributed by atoms with E-state index in [0.29, 0.717) is 0 Å². The average molecular weight is 310 g/mol. The fourth-order valence-electron chi connectivity index (χ4n) is 2.37. The van der Waals surface area contributed by atoms with Crippen molar-refractivity contribution in [3.8, 4) is 6.07 Å². The van der Waals surface area contributed by atoms with Gasteiger partial charge in [-0.15, -0.1) is 0 Å². The van der Waals surface area contributed by atoms with Crippen LogP contribution in [0.15, 0.2) is 11.1 Å². The van der Waals surface area contributed by atoms with Gasteiger partial charge in [-0.2, -0.15) is 10.2 Å². The SMILES string of the molecule is N#C[C@]1(CO)O[C@@H](n2cnc3c(N)[nH]c(=O)nc32)[C@@H](F)[C@@H]1O. The Bertz CT molecular complexity index is 828. The highest BCUT2D eigenvalue weighted by Gasteiger charge is 2.56. The monoisotopic (exact) mass is 310 g/mol. The molecule has 1 saturated heterocycles. The van der Waals surface area contributed by atoms with Crippen LogP contribution in [0.5, 0.6) is 0 Å². The molecule has 1 aliphatic rings. The number of H-pyrrole nitrogens is 1. The Morgan fingerprint density at radius 2 is 2.41 bits per heavy atom. The van der Waals surface area contributed by atoms with Crippen molar-refractivity contribution in [1.29, 1.82) is 5.26 Å². The van der Waals surface area contributed by atoms with Gasteiger partial charge >= 0.3 is 5.69 Å². The van der Waals surface area contributed by atoms with Gasteiger partial charge in [0.25, 0.3) is 0 Å². The lowest BCUT2D eigenvalue weighted by Gasteiger charge is -2.20. The van der Waals surface area contributed by atoms with Crippen molar-refractivity contribution >= 4 is 17.0 Å². The maximum atomic E-state index is 14.3. The van der Waals surface area contributed by atoms with Crippen molar-refractivity contribution in [2.45, 2.75) is 24.1 Å². The van der Waals surface area contributed by atoms with E-state index in [4.69, 9.17) is 15.7 Å². The number of nitrogens with two attached hydrogens (primary N) is 1.